The van der Waals surface area contributed by atoms with Crippen molar-refractivity contribution in [3.63, 3.8) is 0 Å². The number of nitrogens with one attached hydrogen (secondary N) is 4. The van der Waals surface area contributed by atoms with Crippen LogP contribution in [0.2, 0.25) is 30.1 Å². The van der Waals surface area contributed by atoms with Gasteiger partial charge in [-0.15, -0.1) is 0 Å². The van der Waals surface area contributed by atoms with Crippen LogP contribution in [0.15, 0.2) is 196 Å². The van der Waals surface area contributed by atoms with Gasteiger partial charge >= 0.3 is 41.5 Å². The van der Waals surface area contributed by atoms with Crippen LogP contribution in [0.5, 0.6) is 0 Å². The molecule has 4 N–H and O–H groups in total. The van der Waals surface area contributed by atoms with Crippen molar-refractivity contribution in [2.24, 2.45) is 0 Å². The van der Waals surface area contributed by atoms with E-state index in [1.807, 2.05) is 24.3 Å². The van der Waals surface area contributed by atoms with Crippen molar-refractivity contribution in [1.29, 1.82) is 5.26 Å². The third kappa shape index (κ3) is 22.1. The number of rotatable bonds is 18. The second-order valence-corrected chi connectivity index (χ2v) is 33.3. The first kappa shape index (κ1) is 97.8. The lowest BCUT2D eigenvalue weighted by molar-refractivity contribution is -0.0771. The second kappa shape index (κ2) is 43.4. The Bertz CT molecular complexity index is 7370. The summed E-state index contributed by atoms with van der Waals surface area (Å²) in [5, 5.41) is 23.5. The molecule has 0 saturated carbocycles. The van der Waals surface area contributed by atoms with Crippen LogP contribution in [0.1, 0.15) is 91.3 Å². The standard InChI is InChI=1S/C29H24Cl2N6O2.C22H22ClN5O2.C17H12ClFN2O4.C14H15ClN2O5.C13H12ClNO5/c1-17(2)35-9-11-36(12-10-35)25-8-3-18(16-33-25)26-28-27(22-14-20(30)4-7-24(22)39-28)37(29(38)34-26)21-5-6-23(31)19(13-21)15-32;1-13(2)27-7-9-28(10-8-27)18-6-3-14(12-24-18)19-21-20(26-22(29)25-19)16-11-15(23)4-5-17(16)30-21;1-2-24-17(23)21-14-11-7-10(18)4-5-12(11)25-16(14)15(22)9-3-6-13(19)20-8-9;1-4-21-14(19)16-11-9-7-8(15)5-6-10(9)22-12(11)13(18)17(2)20-3;1-3-19-13(17)15-10-8-6-7(14)4-5-9(8)20-11(10)12(16)18-2/h3-8,13-14,16-17H,9-12H2,1-2H3;3-6,11-13H,7-10H2,1-2H3,(H,25,26,29);3-8H,2H2,1H3,(H,21,23);5-7H,4H2,1-3H3,(H,16,19);4-6H,3H2,1-2H3,(H,15,17). The Morgan fingerprint density at radius 2 is 0.941 bits per heavy atom. The van der Waals surface area contributed by atoms with E-state index in [0.717, 1.165) is 92.3 Å². The van der Waals surface area contributed by atoms with Gasteiger partial charge in [-0.25, -0.2) is 48.8 Å². The number of nitrogens with zero attached hydrogens (tertiary/aromatic N) is 12. The summed E-state index contributed by atoms with van der Waals surface area (Å²) in [7, 11) is 3.99. The van der Waals surface area contributed by atoms with E-state index in [-0.39, 0.29) is 65.3 Å². The van der Waals surface area contributed by atoms with Gasteiger partial charge in [0, 0.05) is 159 Å². The molecule has 10 aromatic heterocycles. The van der Waals surface area contributed by atoms with Crippen molar-refractivity contribution in [3.8, 4) is 34.3 Å². The molecule has 2 fully saturated rings. The SMILES string of the molecule is CC(C)N1CCN(c2ccc(-c3nc(=O)[nH]c4c3oc3ccc(Cl)cc34)cn2)CC1.CC(C)N1CCN(c2ccc(-c3nc(=O)n(-c4ccc(Cl)c(C#N)c4)c4c3oc3ccc(Cl)cc34)cn2)CC1.CCOC(=O)Nc1c(C(=O)N(C)OC)oc2ccc(Cl)cc12.CCOC(=O)Nc1c(C(=O)OC)oc2ccc(Cl)cc12.CCOC(=O)Nc1c(C(=O)c2ccc(F)nc2)oc2ccc(Cl)cc12. The fraction of sp³-hybridized carbons (Fsp3) is 0.242. The van der Waals surface area contributed by atoms with E-state index in [2.05, 4.69) is 99.0 Å². The number of ketones is 1. The summed E-state index contributed by atoms with van der Waals surface area (Å²) in [5.74, 6) is -1.03. The molecule has 2 aliphatic rings. The number of hydrogen-bond acceptors (Lipinski definition) is 28. The van der Waals surface area contributed by atoms with Crippen molar-refractivity contribution in [2.75, 3.05) is 119 Å². The fourth-order valence-electron chi connectivity index (χ4n) is 14.9. The average molecular weight is 1970 g/mol. The van der Waals surface area contributed by atoms with Crippen LogP contribution in [-0.2, 0) is 23.8 Å². The molecule has 0 unspecified atom stereocenters. The monoisotopic (exact) mass is 1970 g/mol. The number of hydrogen-bond donors (Lipinski definition) is 4. The highest BCUT2D eigenvalue weighted by molar-refractivity contribution is 6.34. The number of nitriles is 1. The van der Waals surface area contributed by atoms with Crippen LogP contribution in [0.3, 0.4) is 0 Å². The number of aromatic amines is 1. The molecule has 702 valence electrons. The number of hydroxylamine groups is 2. The van der Waals surface area contributed by atoms with Gasteiger partial charge in [0.05, 0.1) is 55.8 Å². The number of ether oxygens (including phenoxy) is 4. The molecule has 0 spiro atoms. The summed E-state index contributed by atoms with van der Waals surface area (Å²) in [6, 6.07) is 43.0. The highest BCUT2D eigenvalue weighted by atomic mass is 35.5. The zero-order chi connectivity index (χ0) is 97.0. The van der Waals surface area contributed by atoms with E-state index in [4.69, 9.17) is 116 Å². The maximum atomic E-state index is 13.6. The Hall–Kier alpha value is -14.2. The zero-order valence-electron chi connectivity index (χ0n) is 74.4. The van der Waals surface area contributed by atoms with Crippen LogP contribution in [0, 0.1) is 17.3 Å². The van der Waals surface area contributed by atoms with Crippen LogP contribution < -0.4 is 37.1 Å². The van der Waals surface area contributed by atoms with Gasteiger partial charge in [-0.2, -0.15) is 19.6 Å². The number of halogens is 7. The van der Waals surface area contributed by atoms with E-state index in [0.29, 0.717) is 137 Å². The molecule has 16 aromatic rings. The summed E-state index contributed by atoms with van der Waals surface area (Å²) in [4.78, 5) is 136. The van der Waals surface area contributed by atoms with Gasteiger partial charge in [0.15, 0.2) is 16.9 Å². The molecule has 0 atom stereocenters. The van der Waals surface area contributed by atoms with Gasteiger partial charge in [0.1, 0.15) is 79.6 Å². The maximum absolute atomic E-state index is 13.6. The molecule has 34 nitrogen and oxygen atoms in total. The van der Waals surface area contributed by atoms with Crippen LogP contribution in [-0.4, -0.2) is 191 Å². The Kier molecular flexibility index (Phi) is 31.2. The Morgan fingerprint density at radius 3 is 1.38 bits per heavy atom. The molecule has 2 aliphatic heterocycles. The molecule has 0 aliphatic carbocycles. The maximum Gasteiger partial charge on any atom is 0.411 e. The molecule has 4 amide bonds. The minimum atomic E-state index is -0.739. The minimum Gasteiger partial charge on any atom is -0.463 e. The van der Waals surface area contributed by atoms with Crippen molar-refractivity contribution >= 4 is 211 Å². The Morgan fingerprint density at radius 1 is 0.507 bits per heavy atom. The van der Waals surface area contributed by atoms with E-state index < -0.39 is 53.3 Å². The zero-order valence-corrected chi connectivity index (χ0v) is 78.9. The largest absolute Gasteiger partial charge is 0.463 e. The number of benzene rings is 6. The second-order valence-electron chi connectivity index (χ2n) is 30.7. The van der Waals surface area contributed by atoms with Gasteiger partial charge < -0.3 is 55.8 Å². The lowest BCUT2D eigenvalue weighted by Crippen LogP contribution is -2.49. The number of methoxy groups -OCH3 is 1. The Balaban J connectivity index is 0.000000139. The minimum absolute atomic E-state index is 0.0744. The first-order chi connectivity index (χ1) is 65.4. The number of carbonyl (C=O) groups is 6. The number of aromatic nitrogens is 7. The molecule has 2 saturated heterocycles. The average Bonchev–Trinajstić information content (AvgIpc) is 1.57. The number of H-pyrrole nitrogens is 1. The van der Waals surface area contributed by atoms with E-state index >= 15 is 0 Å². The lowest BCUT2D eigenvalue weighted by atomic mass is 10.1. The number of amides is 4. The van der Waals surface area contributed by atoms with Crippen molar-refractivity contribution < 1.29 is 79.0 Å². The van der Waals surface area contributed by atoms with E-state index in [9.17, 15) is 48.0 Å². The number of furan rings is 5. The predicted octanol–water partition coefficient (Wildman–Crippen LogP) is 21.0. The summed E-state index contributed by atoms with van der Waals surface area (Å²) in [6.45, 7) is 22.2. The smallest absolute Gasteiger partial charge is 0.411 e. The Labute approximate surface area is 803 Å². The number of esters is 1. The number of piperazine rings is 2. The number of pyridine rings is 3. The van der Waals surface area contributed by atoms with Gasteiger partial charge in [-0.3, -0.25) is 44.7 Å². The van der Waals surface area contributed by atoms with Crippen molar-refractivity contribution in [3.05, 3.63) is 250 Å². The van der Waals surface area contributed by atoms with Crippen LogP contribution in [0.25, 0.3) is 105 Å². The highest BCUT2D eigenvalue weighted by Gasteiger charge is 2.31. The summed E-state index contributed by atoms with van der Waals surface area (Å²) in [6.07, 6.45) is 2.44. The molecular formula is C95H85Cl6FN16O18. The molecule has 12 heterocycles. The van der Waals surface area contributed by atoms with Crippen molar-refractivity contribution in [2.45, 2.75) is 60.5 Å². The molecule has 18 rings (SSSR count). The first-order valence-corrected chi connectivity index (χ1v) is 44.6. The van der Waals surface area contributed by atoms with Crippen LogP contribution >= 0.6 is 69.6 Å². The first-order valence-electron chi connectivity index (χ1n) is 42.3. The fourth-order valence-corrected chi connectivity index (χ4v) is 15.9. The number of fused-ring (bicyclic) bond motifs is 9. The third-order valence-corrected chi connectivity index (χ3v) is 23.2. The normalized spacial score (nSPS) is 12.8. The van der Waals surface area contributed by atoms with E-state index in [1.54, 1.807) is 142 Å². The topological polar surface area (TPSA) is 410 Å². The number of carbonyl (C=O) groups excluding carboxylic acids is 6. The molecule has 41 heteroatoms. The van der Waals surface area contributed by atoms with Gasteiger partial charge in [-0.05, 0) is 194 Å². The number of anilines is 5. The molecular weight excluding hydrogens is 1880 g/mol. The highest BCUT2D eigenvalue weighted by Crippen LogP contribution is 2.42. The third-order valence-electron chi connectivity index (χ3n) is 21.7. The van der Waals surface area contributed by atoms with Crippen LogP contribution in [0.4, 0.5) is 47.5 Å². The molecule has 136 heavy (non-hydrogen) atoms. The van der Waals surface area contributed by atoms with Gasteiger partial charge in [-0.1, -0.05) is 69.6 Å². The van der Waals surface area contributed by atoms with Gasteiger partial charge in [0.25, 0.3) is 0 Å². The molecule has 0 bridgehead atoms. The van der Waals surface area contributed by atoms with E-state index in [1.165, 1.54) is 31.9 Å². The molecule has 6 aromatic carbocycles. The summed E-state index contributed by atoms with van der Waals surface area (Å²) < 4.78 is 62.2. The van der Waals surface area contributed by atoms with Gasteiger partial charge in [0.2, 0.25) is 23.3 Å². The van der Waals surface area contributed by atoms with Crippen molar-refractivity contribution in [1.82, 2.24) is 49.3 Å². The summed E-state index contributed by atoms with van der Waals surface area (Å²) >= 11 is 36.5. The quantitative estimate of drug-likeness (QED) is 0.0204. The predicted molar refractivity (Wildman–Crippen MR) is 517 cm³/mol. The summed E-state index contributed by atoms with van der Waals surface area (Å²) in [5.41, 5.74) is 6.99. The molecule has 0 radical (unpaired) electrons. The lowest BCUT2D eigenvalue weighted by Gasteiger charge is -2.37.